The van der Waals surface area contributed by atoms with Gasteiger partial charge in [0, 0.05) is 67.2 Å². The lowest BCUT2D eigenvalue weighted by Gasteiger charge is -2.57. The molecule has 3 saturated heterocycles. The van der Waals surface area contributed by atoms with Gasteiger partial charge in [0.1, 0.15) is 30.7 Å². The Morgan fingerprint density at radius 2 is 1.77 bits per heavy atom. The number of carbonyl (C=O) groups excluding carboxylic acids is 1. The number of aliphatic hydroxyl groups is 1. The van der Waals surface area contributed by atoms with Crippen molar-refractivity contribution in [2.75, 3.05) is 69.4 Å². The number of sulfonamides is 1. The zero-order valence-electron chi connectivity index (χ0n) is 43.3. The summed E-state index contributed by atoms with van der Waals surface area (Å²) in [5, 5.41) is 27.0. The number of piperidine rings is 1. The van der Waals surface area contributed by atoms with Crippen LogP contribution in [0.25, 0.3) is 11.0 Å². The fraction of sp³-hybridized carbons (Fsp3) is 0.536. The highest BCUT2D eigenvalue weighted by Crippen LogP contribution is 2.50. The van der Waals surface area contributed by atoms with Gasteiger partial charge >= 0.3 is 0 Å². The third-order valence-corrected chi connectivity index (χ3v) is 18.1. The normalized spacial score (nSPS) is 25.8. The number of rotatable bonds is 14. The van der Waals surface area contributed by atoms with Gasteiger partial charge in [0.2, 0.25) is 0 Å². The lowest BCUT2D eigenvalue weighted by molar-refractivity contribution is -0.384. The Bertz CT molecular complexity index is 3060. The number of nitrogens with zero attached hydrogens (tertiary/aromatic N) is 4. The number of nitro benzene ring substituents is 1. The van der Waals surface area contributed by atoms with E-state index in [1.165, 1.54) is 36.5 Å². The number of ether oxygens (including phenoxy) is 5. The third-order valence-electron chi connectivity index (χ3n) is 16.8. The van der Waals surface area contributed by atoms with E-state index in [-0.39, 0.29) is 71.1 Å². The molecular formula is C56H69N7O11S. The number of fused-ring (bicyclic) bond motifs is 2. The molecule has 18 nitrogen and oxygen atoms in total. The molecule has 0 radical (unpaired) electrons. The molecule has 75 heavy (non-hydrogen) atoms. The van der Waals surface area contributed by atoms with E-state index in [9.17, 15) is 28.4 Å². The molecule has 2 saturated carbocycles. The number of aromatic amines is 1. The number of anilines is 2. The van der Waals surface area contributed by atoms with Crippen LogP contribution in [0.1, 0.15) is 118 Å². The van der Waals surface area contributed by atoms with Gasteiger partial charge in [-0.05, 0) is 124 Å². The lowest BCUT2D eigenvalue weighted by atomic mass is 9.70. The first-order valence-corrected chi connectivity index (χ1v) is 28.2. The molecule has 0 bridgehead atoms. The van der Waals surface area contributed by atoms with Crippen LogP contribution < -0.4 is 29.1 Å². The van der Waals surface area contributed by atoms with Crippen molar-refractivity contribution in [3.8, 4) is 23.1 Å². The molecule has 5 aromatic rings. The summed E-state index contributed by atoms with van der Waals surface area (Å²) >= 11 is 0. The summed E-state index contributed by atoms with van der Waals surface area (Å²) in [6, 6.07) is 20.2. The van der Waals surface area contributed by atoms with Crippen LogP contribution in [-0.4, -0.2) is 122 Å². The molecule has 4 atom stereocenters. The molecule has 4 N–H and O–H groups in total. The average molecular weight is 1050 g/mol. The first-order valence-electron chi connectivity index (χ1n) is 26.7. The van der Waals surface area contributed by atoms with E-state index in [0.29, 0.717) is 69.0 Å². The summed E-state index contributed by atoms with van der Waals surface area (Å²) in [5.41, 5.74) is 4.11. The van der Waals surface area contributed by atoms with Crippen LogP contribution in [0.5, 0.6) is 23.1 Å². The minimum atomic E-state index is -4.74. The van der Waals surface area contributed by atoms with Gasteiger partial charge in [-0.15, -0.1) is 0 Å². The molecule has 1 unspecified atom stereocenters. The lowest BCUT2D eigenvalue weighted by Crippen LogP contribution is -2.63. The monoisotopic (exact) mass is 1050 g/mol. The van der Waals surface area contributed by atoms with Crippen molar-refractivity contribution in [2.24, 2.45) is 11.3 Å². The first kappa shape index (κ1) is 51.1. The molecule has 11 rings (SSSR count). The second-order valence-electron chi connectivity index (χ2n) is 22.5. The summed E-state index contributed by atoms with van der Waals surface area (Å²) < 4.78 is 61.1. The highest BCUT2D eigenvalue weighted by atomic mass is 32.2. The number of aromatic nitrogens is 2. The zero-order valence-corrected chi connectivity index (χ0v) is 44.1. The predicted octanol–water partition coefficient (Wildman–Crippen LogP) is 8.96. The minimum Gasteiger partial charge on any atom is -0.489 e. The Labute approximate surface area is 438 Å². The van der Waals surface area contributed by atoms with Crippen molar-refractivity contribution in [1.82, 2.24) is 19.6 Å². The largest absolute Gasteiger partial charge is 0.489 e. The molecular weight excluding hydrogens is 979 g/mol. The van der Waals surface area contributed by atoms with E-state index >= 15 is 0 Å². The van der Waals surface area contributed by atoms with Crippen LogP contribution in [0.15, 0.2) is 71.6 Å². The second-order valence-corrected chi connectivity index (χ2v) is 24.2. The molecule has 400 valence electrons. The van der Waals surface area contributed by atoms with Gasteiger partial charge in [-0.25, -0.2) is 13.1 Å². The molecule has 1 spiro atoms. The number of carbonyl (C=O) groups is 1. The maximum Gasteiger partial charge on any atom is 0.297 e. The van der Waals surface area contributed by atoms with E-state index in [4.69, 9.17) is 28.7 Å². The van der Waals surface area contributed by atoms with Gasteiger partial charge in [0.05, 0.1) is 46.8 Å². The van der Waals surface area contributed by atoms with Crippen LogP contribution in [0.3, 0.4) is 0 Å². The number of hydrogen-bond acceptors (Lipinski definition) is 15. The van der Waals surface area contributed by atoms with Crippen molar-refractivity contribution in [1.29, 1.82) is 0 Å². The Kier molecular flexibility index (Phi) is 14.0. The molecule has 6 aliphatic rings. The van der Waals surface area contributed by atoms with E-state index in [2.05, 4.69) is 62.9 Å². The molecule has 6 heterocycles. The molecule has 2 aliphatic carbocycles. The highest BCUT2D eigenvalue weighted by molar-refractivity contribution is 7.90. The maximum absolute atomic E-state index is 14.5. The number of nitrogens with one attached hydrogen (secondary N) is 3. The fourth-order valence-electron chi connectivity index (χ4n) is 12.7. The van der Waals surface area contributed by atoms with Crippen molar-refractivity contribution in [3.05, 3.63) is 99.2 Å². The summed E-state index contributed by atoms with van der Waals surface area (Å²) in [4.78, 5) is 38.9. The molecule has 19 heteroatoms. The Hall–Kier alpha value is -5.99. The molecule has 3 aromatic carbocycles. The van der Waals surface area contributed by atoms with Gasteiger partial charge in [0.15, 0.2) is 17.2 Å². The maximum atomic E-state index is 14.5. The van der Waals surface area contributed by atoms with Gasteiger partial charge in [0.25, 0.3) is 27.5 Å². The van der Waals surface area contributed by atoms with Crippen LogP contribution in [-0.2, 0) is 19.5 Å². The summed E-state index contributed by atoms with van der Waals surface area (Å²) in [7, 11) is -4.74. The summed E-state index contributed by atoms with van der Waals surface area (Å²) in [5.74, 6) is 0.456. The fourth-order valence-corrected chi connectivity index (χ4v) is 13.7. The van der Waals surface area contributed by atoms with E-state index in [0.717, 1.165) is 61.9 Å². The number of hydrogen-bond donors (Lipinski definition) is 4. The number of benzene rings is 3. The summed E-state index contributed by atoms with van der Waals surface area (Å²) in [6.45, 7) is 13.5. The van der Waals surface area contributed by atoms with Crippen LogP contribution in [0, 0.1) is 28.4 Å². The van der Waals surface area contributed by atoms with E-state index < -0.39 is 37.0 Å². The van der Waals surface area contributed by atoms with Gasteiger partial charge < -0.3 is 44.0 Å². The quantitative estimate of drug-likeness (QED) is 0.0602. The molecule has 5 fully saturated rings. The summed E-state index contributed by atoms with van der Waals surface area (Å²) in [6.07, 6.45) is 7.90. The Morgan fingerprint density at radius 1 is 0.987 bits per heavy atom. The second kappa shape index (κ2) is 20.5. The van der Waals surface area contributed by atoms with Crippen LogP contribution >= 0.6 is 0 Å². The molecule has 1 amide bonds. The van der Waals surface area contributed by atoms with Crippen molar-refractivity contribution in [2.45, 2.75) is 126 Å². The highest BCUT2D eigenvalue weighted by Gasteiger charge is 2.50. The Morgan fingerprint density at radius 3 is 2.52 bits per heavy atom. The third kappa shape index (κ3) is 10.6. The SMILES string of the molecule is Cc1cc2cc(Oc3cc(N4CCC5(CC4)CN(C4CCC[C@H]4c4ccccc4C(C)C)C5)ccc3C(=O)NS(=O)(=O)c3cc4c(c([N+](=O)[O-])c3)N[C@@H]([C@H]3CC[C@](C)(O)CC3)CO4)c(OC[C@H]3COCCO3)nc2[nH]1. The van der Waals surface area contributed by atoms with Crippen molar-refractivity contribution in [3.63, 3.8) is 0 Å². The van der Waals surface area contributed by atoms with E-state index in [1.54, 1.807) is 31.2 Å². The van der Waals surface area contributed by atoms with Gasteiger partial charge in [-0.2, -0.15) is 4.98 Å². The van der Waals surface area contributed by atoms with Crippen molar-refractivity contribution >= 4 is 44.0 Å². The minimum absolute atomic E-state index is 0.0156. The number of nitro groups is 1. The first-order chi connectivity index (χ1) is 36.0. The standard InChI is InChI=1S/C56H69N7O11S/c1-34(2)41-8-5-6-9-42(41)43-10-7-11-46(43)62-32-56(33-62)18-20-61(21-19-56)38-12-13-44(48(26-38)74-50-25-37-24-35(3)57-52(37)59-54(50)73-30-39-29-70-22-23-71-39)53(64)60-75(68,69)40-27-47(63(66)67)51-49(28-40)72-31-45(58-51)36-14-16-55(4,65)17-15-36/h5-6,8-9,12-13,24-28,34,36,39,43,45-46,58,65H,7,10-11,14-23,29-33H2,1-4H3,(H,57,59)(H,60,64)/t36-,39-,43+,45-,46?,55-/m1/s1. The average Bonchev–Trinajstić information content (AvgIpc) is 4.02. The number of likely N-dealkylation sites (tertiary alicyclic amines) is 1. The predicted molar refractivity (Wildman–Crippen MR) is 283 cm³/mol. The van der Waals surface area contributed by atoms with Crippen LogP contribution in [0.2, 0.25) is 0 Å². The smallest absolute Gasteiger partial charge is 0.297 e. The topological polar surface area (TPSA) is 220 Å². The molecule has 2 aromatic heterocycles. The number of amides is 1. The van der Waals surface area contributed by atoms with Crippen molar-refractivity contribution < 1.29 is 46.9 Å². The van der Waals surface area contributed by atoms with Gasteiger partial charge in [-0.3, -0.25) is 19.8 Å². The number of pyridine rings is 1. The number of H-pyrrole nitrogens is 1. The Balaban J connectivity index is 0.850. The van der Waals surface area contributed by atoms with E-state index in [1.807, 2.05) is 13.0 Å². The number of aryl methyl sites for hydroxylation is 1. The zero-order chi connectivity index (χ0) is 52.2. The van der Waals surface area contributed by atoms with Gasteiger partial charge in [-0.1, -0.05) is 44.5 Å². The van der Waals surface area contributed by atoms with Crippen LogP contribution in [0.4, 0.5) is 17.1 Å². The molecule has 4 aliphatic heterocycles.